The van der Waals surface area contributed by atoms with Gasteiger partial charge in [-0.25, -0.2) is 4.98 Å². The Labute approximate surface area is 130 Å². The number of hydrogen-bond acceptors (Lipinski definition) is 5. The zero-order valence-corrected chi connectivity index (χ0v) is 14.0. The summed E-state index contributed by atoms with van der Waals surface area (Å²) in [4.78, 5) is 9.94. The van der Waals surface area contributed by atoms with E-state index in [1.54, 1.807) is 17.5 Å². The molecule has 1 N–H and O–H groups in total. The molecule has 0 aromatic carbocycles. The molecule has 0 radical (unpaired) electrons. The molecule has 0 aliphatic heterocycles. The molecule has 0 aliphatic carbocycles. The van der Waals surface area contributed by atoms with Crippen molar-refractivity contribution in [3.8, 4) is 5.75 Å². The molecule has 21 heavy (non-hydrogen) atoms. The molecule has 2 heterocycles. The van der Waals surface area contributed by atoms with E-state index >= 15 is 0 Å². The smallest absolute Gasteiger partial charge is 0.137 e. The van der Waals surface area contributed by atoms with Gasteiger partial charge in [-0.15, -0.1) is 11.3 Å². The maximum atomic E-state index is 5.73. The topological polar surface area (TPSA) is 47.0 Å². The Bertz CT molecular complexity index is 558. The van der Waals surface area contributed by atoms with Crippen molar-refractivity contribution in [2.75, 3.05) is 6.61 Å². The Kier molecular flexibility index (Phi) is 5.31. The highest BCUT2D eigenvalue weighted by Gasteiger charge is 2.08. The Balaban J connectivity index is 1.78. The van der Waals surface area contributed by atoms with Crippen molar-refractivity contribution < 1.29 is 4.74 Å². The maximum Gasteiger partial charge on any atom is 0.137 e. The Morgan fingerprint density at radius 1 is 1.24 bits per heavy atom. The number of thiazole rings is 1. The van der Waals surface area contributed by atoms with E-state index in [1.165, 1.54) is 4.88 Å². The summed E-state index contributed by atoms with van der Waals surface area (Å²) >= 11 is 1.68. The molecule has 0 atom stereocenters. The van der Waals surface area contributed by atoms with Crippen LogP contribution in [0, 0.1) is 6.92 Å². The first-order valence-corrected chi connectivity index (χ1v) is 8.04. The van der Waals surface area contributed by atoms with E-state index in [0.29, 0.717) is 6.61 Å². The van der Waals surface area contributed by atoms with Gasteiger partial charge in [-0.3, -0.25) is 4.98 Å². The van der Waals surface area contributed by atoms with Crippen LogP contribution in [0.25, 0.3) is 0 Å². The molecule has 0 spiro atoms. The summed E-state index contributed by atoms with van der Waals surface area (Å²) in [5, 5.41) is 3.42. The van der Waals surface area contributed by atoms with E-state index < -0.39 is 0 Å². The maximum absolute atomic E-state index is 5.73. The summed E-state index contributed by atoms with van der Waals surface area (Å²) in [6.45, 7) is 9.89. The molecule has 0 fully saturated rings. The van der Waals surface area contributed by atoms with E-state index in [1.807, 2.05) is 24.6 Å². The summed E-state index contributed by atoms with van der Waals surface area (Å²) in [5.41, 5.74) is 4.10. The molecule has 2 aromatic rings. The highest BCUT2D eigenvalue weighted by molar-refractivity contribution is 7.09. The number of rotatable bonds is 6. The Hall–Kier alpha value is -1.46. The molecule has 0 saturated carbocycles. The van der Waals surface area contributed by atoms with Gasteiger partial charge in [0.25, 0.3) is 0 Å². The fraction of sp³-hybridized carbons (Fsp3) is 0.500. The standard InChI is InChI=1S/C16H23N3OS/c1-12-15(21-11-18-12)7-8-20-14-6-5-13(17-10-14)9-19-16(2,3)4/h5-6,10-11,19H,7-9H2,1-4H3. The third-order valence-corrected chi connectivity index (χ3v) is 4.04. The van der Waals surface area contributed by atoms with Gasteiger partial charge in [-0.2, -0.15) is 0 Å². The molecule has 0 unspecified atom stereocenters. The van der Waals surface area contributed by atoms with Crippen molar-refractivity contribution in [1.29, 1.82) is 0 Å². The van der Waals surface area contributed by atoms with Crippen molar-refractivity contribution in [1.82, 2.24) is 15.3 Å². The van der Waals surface area contributed by atoms with E-state index in [-0.39, 0.29) is 5.54 Å². The average molecular weight is 305 g/mol. The van der Waals surface area contributed by atoms with Crippen LogP contribution < -0.4 is 10.1 Å². The van der Waals surface area contributed by atoms with Crippen LogP contribution in [0.4, 0.5) is 0 Å². The first-order chi connectivity index (χ1) is 9.94. The lowest BCUT2D eigenvalue weighted by atomic mass is 10.1. The molecule has 0 saturated heterocycles. The van der Waals surface area contributed by atoms with Crippen LogP contribution in [-0.4, -0.2) is 22.1 Å². The third kappa shape index (κ3) is 5.44. The molecular weight excluding hydrogens is 282 g/mol. The van der Waals surface area contributed by atoms with Gasteiger partial charge in [0, 0.05) is 23.4 Å². The fourth-order valence-electron chi connectivity index (χ4n) is 1.78. The first-order valence-electron chi connectivity index (χ1n) is 7.16. The molecule has 5 heteroatoms. The van der Waals surface area contributed by atoms with Crippen molar-refractivity contribution in [3.63, 3.8) is 0 Å². The van der Waals surface area contributed by atoms with Crippen LogP contribution >= 0.6 is 11.3 Å². The minimum absolute atomic E-state index is 0.101. The average Bonchev–Trinajstić information content (AvgIpc) is 2.83. The number of aryl methyl sites for hydroxylation is 1. The minimum Gasteiger partial charge on any atom is -0.492 e. The van der Waals surface area contributed by atoms with Crippen LogP contribution in [-0.2, 0) is 13.0 Å². The predicted molar refractivity (Wildman–Crippen MR) is 86.9 cm³/mol. The second kappa shape index (κ2) is 7.00. The molecular formula is C16H23N3OS. The van der Waals surface area contributed by atoms with E-state index in [2.05, 4.69) is 36.1 Å². The van der Waals surface area contributed by atoms with Crippen LogP contribution in [0.15, 0.2) is 23.8 Å². The third-order valence-electron chi connectivity index (χ3n) is 3.04. The van der Waals surface area contributed by atoms with Gasteiger partial charge in [0.2, 0.25) is 0 Å². The minimum atomic E-state index is 0.101. The largest absolute Gasteiger partial charge is 0.492 e. The molecule has 0 bridgehead atoms. The number of nitrogens with one attached hydrogen (secondary N) is 1. The van der Waals surface area contributed by atoms with E-state index in [0.717, 1.165) is 30.1 Å². The molecule has 0 amide bonds. The highest BCUT2D eigenvalue weighted by Crippen LogP contribution is 2.14. The number of ether oxygens (including phenoxy) is 1. The molecule has 2 rings (SSSR count). The summed E-state index contributed by atoms with van der Waals surface area (Å²) in [6, 6.07) is 3.98. The lowest BCUT2D eigenvalue weighted by molar-refractivity contribution is 0.321. The zero-order chi connectivity index (χ0) is 15.3. The normalized spacial score (nSPS) is 11.6. The van der Waals surface area contributed by atoms with Crippen LogP contribution in [0.3, 0.4) is 0 Å². The van der Waals surface area contributed by atoms with Gasteiger partial charge in [0.15, 0.2) is 0 Å². The van der Waals surface area contributed by atoms with Gasteiger partial charge in [-0.05, 0) is 39.8 Å². The lowest BCUT2D eigenvalue weighted by Gasteiger charge is -2.20. The van der Waals surface area contributed by atoms with Gasteiger partial charge in [0.05, 0.1) is 29.7 Å². The van der Waals surface area contributed by atoms with Crippen molar-refractivity contribution in [2.24, 2.45) is 0 Å². The number of hydrogen-bond donors (Lipinski definition) is 1. The monoisotopic (exact) mass is 305 g/mol. The SMILES string of the molecule is Cc1ncsc1CCOc1ccc(CNC(C)(C)C)nc1. The van der Waals surface area contributed by atoms with Gasteiger partial charge in [0.1, 0.15) is 5.75 Å². The van der Waals surface area contributed by atoms with Crippen molar-refractivity contribution in [3.05, 3.63) is 40.1 Å². The van der Waals surface area contributed by atoms with E-state index in [4.69, 9.17) is 4.74 Å². The molecule has 114 valence electrons. The second-order valence-corrected chi connectivity index (χ2v) is 6.99. The second-order valence-electron chi connectivity index (χ2n) is 6.05. The highest BCUT2D eigenvalue weighted by atomic mass is 32.1. The Morgan fingerprint density at radius 3 is 2.62 bits per heavy atom. The Morgan fingerprint density at radius 2 is 2.05 bits per heavy atom. The van der Waals surface area contributed by atoms with Gasteiger partial charge >= 0.3 is 0 Å². The zero-order valence-electron chi connectivity index (χ0n) is 13.1. The summed E-state index contributed by atoms with van der Waals surface area (Å²) in [5.74, 6) is 0.816. The van der Waals surface area contributed by atoms with Crippen LogP contribution in [0.1, 0.15) is 37.0 Å². The van der Waals surface area contributed by atoms with Crippen molar-refractivity contribution >= 4 is 11.3 Å². The quantitative estimate of drug-likeness (QED) is 0.889. The first kappa shape index (κ1) is 15.9. The molecule has 0 aliphatic rings. The van der Waals surface area contributed by atoms with Crippen molar-refractivity contribution in [2.45, 2.75) is 46.2 Å². The summed E-state index contributed by atoms with van der Waals surface area (Å²) in [6.07, 6.45) is 2.68. The van der Waals surface area contributed by atoms with Crippen LogP contribution in [0.5, 0.6) is 5.75 Å². The number of nitrogens with zero attached hydrogens (tertiary/aromatic N) is 2. The van der Waals surface area contributed by atoms with E-state index in [9.17, 15) is 0 Å². The predicted octanol–water partition coefficient (Wildman–Crippen LogP) is 3.36. The fourth-order valence-corrected chi connectivity index (χ4v) is 2.55. The summed E-state index contributed by atoms with van der Waals surface area (Å²) < 4.78 is 5.73. The number of aromatic nitrogens is 2. The lowest BCUT2D eigenvalue weighted by Crippen LogP contribution is -2.35. The molecule has 2 aromatic heterocycles. The van der Waals surface area contributed by atoms with Gasteiger partial charge < -0.3 is 10.1 Å². The van der Waals surface area contributed by atoms with Gasteiger partial charge in [-0.1, -0.05) is 0 Å². The summed E-state index contributed by atoms with van der Waals surface area (Å²) in [7, 11) is 0. The molecule has 4 nitrogen and oxygen atoms in total. The number of pyridine rings is 1. The van der Waals surface area contributed by atoms with Crippen LogP contribution in [0.2, 0.25) is 0 Å².